The van der Waals surface area contributed by atoms with E-state index in [9.17, 15) is 0 Å². The van der Waals surface area contributed by atoms with Crippen LogP contribution in [0.4, 0.5) is 0 Å². The standard InChI is InChI=1S/C48B32N2/c49-11-1(19(57)37(75)43-7(11)9-21(59)29(67)35(73)39(77)45(9)81(43)47-23(61)5(17(55)31(69)41(47)79)3-13(51)25(63)33(71)26(64)14(3)52)2-12(50)8-10-22(60)30(68)36(74)40(78)46(10)82(44(8)38(76)20(2)58)48-24(62)6(18(56)32(70)42(48)80)4-15(53)27(65)34(72)28(66)16(4)54. The molecule has 0 bridgehead atoms. The molecule has 0 unspecified atom stereocenters. The molecule has 0 amide bonds. The molecule has 0 aliphatic carbocycles. The minimum atomic E-state index is -0.292. The number of aromatic nitrogens is 2. The molecular weight excluding hydrogens is 951 g/mol. The highest BCUT2D eigenvalue weighted by Crippen LogP contribution is 2.32. The molecule has 298 valence electrons. The van der Waals surface area contributed by atoms with Gasteiger partial charge < -0.3 is 9.13 Å². The van der Waals surface area contributed by atoms with Gasteiger partial charge >= 0.3 is 0 Å². The third-order valence-electron chi connectivity index (χ3n) is 15.7. The molecule has 82 heavy (non-hydrogen) atoms. The highest BCUT2D eigenvalue weighted by atomic mass is 15.0. The average Bonchev–Trinajstić information content (AvgIpc) is 1.64. The summed E-state index contributed by atoms with van der Waals surface area (Å²) in [7, 11) is 217. The Bertz CT molecular complexity index is 4360. The Labute approximate surface area is 519 Å². The van der Waals surface area contributed by atoms with E-state index in [0.717, 1.165) is 0 Å². The second kappa shape index (κ2) is 20.6. The first-order chi connectivity index (χ1) is 38.1. The first-order valence-corrected chi connectivity index (χ1v) is 23.8. The van der Waals surface area contributed by atoms with E-state index in [4.69, 9.17) is 251 Å². The summed E-state index contributed by atoms with van der Waals surface area (Å²) in [5, 5.41) is 0.0444. The summed E-state index contributed by atoms with van der Waals surface area (Å²) in [6.45, 7) is 0. The molecule has 0 fully saturated rings. The Kier molecular flexibility index (Phi) is 15.2. The van der Waals surface area contributed by atoms with E-state index in [1.807, 2.05) is 0 Å². The highest BCUT2D eigenvalue weighted by Gasteiger charge is 2.32. The molecule has 10 rings (SSSR count). The van der Waals surface area contributed by atoms with E-state index in [-0.39, 0.29) is 263 Å². The Morgan fingerprint density at radius 2 is 0.268 bits per heavy atom. The summed E-state index contributed by atoms with van der Waals surface area (Å²) in [6.07, 6.45) is 0. The Balaban J connectivity index is 1.40. The molecule has 10 aromatic rings. The summed E-state index contributed by atoms with van der Waals surface area (Å²) in [6, 6.07) is 0. The predicted molar refractivity (Wildman–Crippen MR) is 384 cm³/mol. The minimum absolute atomic E-state index is 0.00284. The monoisotopic (exact) mass is 956 g/mol. The van der Waals surface area contributed by atoms with Crippen LogP contribution in [0.3, 0.4) is 0 Å². The Morgan fingerprint density at radius 3 is 0.524 bits per heavy atom. The van der Waals surface area contributed by atoms with Crippen molar-refractivity contribution >= 4 is 470 Å². The van der Waals surface area contributed by atoms with Gasteiger partial charge in [0.15, 0.2) is 0 Å². The van der Waals surface area contributed by atoms with E-state index >= 15 is 0 Å². The fourth-order valence-electron chi connectivity index (χ4n) is 11.3. The van der Waals surface area contributed by atoms with E-state index in [2.05, 4.69) is 0 Å². The van der Waals surface area contributed by atoms with Gasteiger partial charge in [0.2, 0.25) is 0 Å². The largest absolute Gasteiger partial charge is 0.312 e. The van der Waals surface area contributed by atoms with E-state index in [1.54, 1.807) is 0 Å². The molecule has 2 aromatic heterocycles. The van der Waals surface area contributed by atoms with Gasteiger partial charge in [-0.2, -0.15) is 0 Å². The van der Waals surface area contributed by atoms with Crippen LogP contribution >= 0.6 is 0 Å². The molecule has 8 aromatic carbocycles. The van der Waals surface area contributed by atoms with Gasteiger partial charge in [-0.05, 0) is 44.2 Å². The van der Waals surface area contributed by atoms with Crippen molar-refractivity contribution in [3.63, 3.8) is 0 Å². The molecule has 2 nitrogen and oxygen atoms in total. The fourth-order valence-corrected chi connectivity index (χ4v) is 11.3. The van der Waals surface area contributed by atoms with Crippen LogP contribution in [0.25, 0.3) is 88.4 Å². The number of nitrogens with zero attached hydrogens (tertiary/aromatic N) is 2. The van der Waals surface area contributed by atoms with Crippen molar-refractivity contribution in [2.45, 2.75) is 0 Å². The minimum Gasteiger partial charge on any atom is -0.312 e. The van der Waals surface area contributed by atoms with Crippen LogP contribution in [0, 0.1) is 0 Å². The molecule has 0 aliphatic heterocycles. The average molecular weight is 951 g/mol. The van der Waals surface area contributed by atoms with Crippen molar-refractivity contribution in [3.05, 3.63) is 0 Å². The zero-order valence-electron chi connectivity index (χ0n) is 43.4. The first-order valence-electron chi connectivity index (χ1n) is 23.8. The van der Waals surface area contributed by atoms with Crippen molar-refractivity contribution in [1.29, 1.82) is 0 Å². The maximum absolute atomic E-state index is 7.42. The van der Waals surface area contributed by atoms with E-state index in [1.165, 1.54) is 9.13 Å². The lowest BCUT2D eigenvalue weighted by Gasteiger charge is -2.30. The highest BCUT2D eigenvalue weighted by molar-refractivity contribution is 6.77. The molecule has 0 saturated heterocycles. The van der Waals surface area contributed by atoms with Crippen LogP contribution < -0.4 is 175 Å². The summed E-state index contributed by atoms with van der Waals surface area (Å²) in [4.78, 5) is 0. The molecule has 64 radical (unpaired) electrons. The van der Waals surface area contributed by atoms with Crippen molar-refractivity contribution < 1.29 is 0 Å². The quantitative estimate of drug-likeness (QED) is 0.152. The van der Waals surface area contributed by atoms with Gasteiger partial charge in [-0.25, -0.2) is 0 Å². The van der Waals surface area contributed by atoms with Gasteiger partial charge in [0.25, 0.3) is 0 Å². The summed E-state index contributed by atoms with van der Waals surface area (Å²) in [5.41, 5.74) is -7.33. The molecule has 0 saturated carbocycles. The van der Waals surface area contributed by atoms with Gasteiger partial charge in [0.1, 0.15) is 251 Å². The zero-order chi connectivity index (χ0) is 60.9. The molecular formula is C48B32N2. The third-order valence-corrected chi connectivity index (χ3v) is 15.7. The van der Waals surface area contributed by atoms with Gasteiger partial charge in [0.05, 0.1) is 0 Å². The third kappa shape index (κ3) is 7.80. The first kappa shape index (κ1) is 60.6. The van der Waals surface area contributed by atoms with E-state index in [0.29, 0.717) is 0 Å². The Hall–Kier alpha value is -4.56. The van der Waals surface area contributed by atoms with Crippen LogP contribution in [0.2, 0.25) is 0 Å². The lowest BCUT2D eigenvalue weighted by Crippen LogP contribution is -2.57. The van der Waals surface area contributed by atoms with Gasteiger partial charge in [0, 0.05) is 44.2 Å². The maximum atomic E-state index is 7.42. The molecule has 0 aliphatic rings. The summed E-state index contributed by atoms with van der Waals surface area (Å²) < 4.78 is 2.73. The molecule has 0 spiro atoms. The second-order valence-corrected chi connectivity index (χ2v) is 19.8. The molecule has 2 heterocycles. The van der Waals surface area contributed by atoms with Crippen molar-refractivity contribution in [2.75, 3.05) is 0 Å². The van der Waals surface area contributed by atoms with Crippen molar-refractivity contribution in [2.24, 2.45) is 0 Å². The smallest absolute Gasteiger partial charge is 0.117 e. The lowest BCUT2D eigenvalue weighted by atomic mass is 9.56. The maximum Gasteiger partial charge on any atom is 0.117 e. The zero-order valence-corrected chi connectivity index (χ0v) is 43.4. The Morgan fingerprint density at radius 1 is 0.122 bits per heavy atom. The van der Waals surface area contributed by atoms with Gasteiger partial charge in [-0.1, -0.05) is 109 Å². The van der Waals surface area contributed by atoms with Crippen LogP contribution in [-0.4, -0.2) is 260 Å². The number of rotatable bonds is 5. The van der Waals surface area contributed by atoms with E-state index < -0.39 is 0 Å². The number of hydrogen-bond donors (Lipinski definition) is 0. The van der Waals surface area contributed by atoms with Crippen LogP contribution in [0.1, 0.15) is 0 Å². The summed E-state index contributed by atoms with van der Waals surface area (Å²) in [5.74, 6) is 0. The lowest BCUT2D eigenvalue weighted by molar-refractivity contribution is 1.22. The number of fused-ring (bicyclic) bond motifs is 6. The number of benzene rings is 8. The van der Waals surface area contributed by atoms with Gasteiger partial charge in [-0.15, -0.1) is 65.6 Å². The van der Waals surface area contributed by atoms with Crippen LogP contribution in [-0.2, 0) is 0 Å². The second-order valence-electron chi connectivity index (χ2n) is 19.8. The number of hydrogen-bond acceptors (Lipinski definition) is 0. The topological polar surface area (TPSA) is 9.86 Å². The van der Waals surface area contributed by atoms with Gasteiger partial charge in [-0.3, -0.25) is 0 Å². The molecule has 34 heteroatoms. The fraction of sp³-hybridized carbons (Fsp3) is 0. The van der Waals surface area contributed by atoms with Crippen LogP contribution in [0.5, 0.6) is 0 Å². The normalized spacial score (nSPS) is 11.8. The molecule has 0 N–H and O–H groups in total. The molecule has 0 atom stereocenters. The summed E-state index contributed by atoms with van der Waals surface area (Å²) >= 11 is 0. The van der Waals surface area contributed by atoms with Crippen molar-refractivity contribution in [3.8, 4) is 44.8 Å². The predicted octanol–water partition coefficient (Wildman–Crippen LogP) is -25.7. The SMILES string of the molecule is [B]c1c([B])c([B])c(-c2c([B])c([B])c([B])c(-n3c4c([B])c([B])c([B])c([B])c4c4c([B])c(-c5c([B])c([B])c6c(c5[B])c5c([B])c([B])c([B])c([B])c5n6-c5c([B])c([B])c([B])c(-c6c([B])c([B])c([B])c([B])c6[B])c5[B])c([B])c([B])c43)c2[B])c([B])c1[B]. The van der Waals surface area contributed by atoms with Crippen LogP contribution in [0.15, 0.2) is 0 Å². The van der Waals surface area contributed by atoms with Crippen molar-refractivity contribution in [1.82, 2.24) is 9.13 Å².